The first-order valence-electron chi connectivity index (χ1n) is 9.61. The summed E-state index contributed by atoms with van der Waals surface area (Å²) in [6.07, 6.45) is 11.0. The van der Waals surface area contributed by atoms with Crippen LogP contribution >= 0.6 is 24.2 Å². The van der Waals surface area contributed by atoms with Gasteiger partial charge < -0.3 is 10.8 Å². The number of hydrogen-bond donors (Lipinski definition) is 4. The predicted octanol–water partition coefficient (Wildman–Crippen LogP) is 3.97. The van der Waals surface area contributed by atoms with Crippen molar-refractivity contribution in [1.82, 2.24) is 0 Å². The molecule has 27 heavy (non-hydrogen) atoms. The quantitative estimate of drug-likeness (QED) is 0.329. The third-order valence-electron chi connectivity index (χ3n) is 5.74. The normalized spacial score (nSPS) is 19.0. The number of thiophene rings is 1. The molecule has 1 aromatic heterocycles. The number of rotatable bonds is 1. The number of carbonyl (C=O) groups excluding carboxylic acids is 1. The number of aldehydes is 1. The number of carbonyl (C=O) groups is 1. The van der Waals surface area contributed by atoms with E-state index in [2.05, 4.69) is 24.0 Å². The minimum absolute atomic E-state index is 0.335. The average Bonchev–Trinajstić information content (AvgIpc) is 3.43. The van der Waals surface area contributed by atoms with Crippen molar-refractivity contribution in [1.29, 1.82) is 0 Å². The third kappa shape index (κ3) is 4.24. The highest BCUT2D eigenvalue weighted by Gasteiger charge is 2.22. The highest BCUT2D eigenvalue weighted by atomic mass is 32.1. The number of fused-ring (bicyclic) bond motifs is 3. The molecule has 1 unspecified atom stereocenters. The molecule has 146 valence electrons. The number of anilines is 1. The number of benzene rings is 1. The fraction of sp³-hybridized carbons (Fsp3) is 0.476. The number of aryl methyl sites for hydroxylation is 3. The summed E-state index contributed by atoms with van der Waals surface area (Å²) in [6, 6.07) is 4.23. The van der Waals surface area contributed by atoms with Crippen LogP contribution in [0.4, 0.5) is 5.69 Å². The van der Waals surface area contributed by atoms with Gasteiger partial charge in [0.15, 0.2) is 6.29 Å². The highest BCUT2D eigenvalue weighted by Crippen LogP contribution is 2.36. The minimum Gasteiger partial charge on any atom is -0.398 e. The maximum Gasteiger partial charge on any atom is 0.160 e. The molecular formula is C21H28N2O2S2. The fourth-order valence-electron chi connectivity index (χ4n) is 4.47. The van der Waals surface area contributed by atoms with Gasteiger partial charge in [0.05, 0.1) is 11.0 Å². The van der Waals surface area contributed by atoms with E-state index in [1.807, 2.05) is 6.07 Å². The molecule has 5 rings (SSSR count). The summed E-state index contributed by atoms with van der Waals surface area (Å²) in [4.78, 5) is 12.4. The second-order valence-corrected chi connectivity index (χ2v) is 8.49. The summed E-state index contributed by atoms with van der Waals surface area (Å²) in [5, 5.41) is 13.8. The van der Waals surface area contributed by atoms with Crippen molar-refractivity contribution < 1.29 is 9.90 Å². The van der Waals surface area contributed by atoms with Crippen molar-refractivity contribution in [3.8, 4) is 0 Å². The van der Waals surface area contributed by atoms with E-state index >= 15 is 0 Å². The highest BCUT2D eigenvalue weighted by molar-refractivity contribution is 7.77. The van der Waals surface area contributed by atoms with Crippen LogP contribution in [0, 0.1) is 0 Å². The van der Waals surface area contributed by atoms with Gasteiger partial charge >= 0.3 is 0 Å². The molecule has 0 aliphatic heterocycles. The van der Waals surface area contributed by atoms with Crippen LogP contribution in [0.5, 0.6) is 0 Å². The molecule has 0 saturated heterocycles. The third-order valence-corrected chi connectivity index (χ3v) is 6.87. The smallest absolute Gasteiger partial charge is 0.160 e. The molecule has 0 saturated carbocycles. The van der Waals surface area contributed by atoms with Gasteiger partial charge in [0.1, 0.15) is 0 Å². The first-order chi connectivity index (χ1) is 13.2. The Morgan fingerprint density at radius 2 is 1.63 bits per heavy atom. The molecular weight excluding hydrogens is 376 g/mol. The second kappa shape index (κ2) is 9.24. The summed E-state index contributed by atoms with van der Waals surface area (Å²) in [5.41, 5.74) is 14.3. The molecule has 3 aliphatic carbocycles. The zero-order chi connectivity index (χ0) is 19.4. The summed E-state index contributed by atoms with van der Waals surface area (Å²) < 4.78 is 0. The zero-order valence-electron chi connectivity index (χ0n) is 15.5. The van der Waals surface area contributed by atoms with Gasteiger partial charge in [-0.15, -0.1) is 24.2 Å². The van der Waals surface area contributed by atoms with Crippen LogP contribution in [0.25, 0.3) is 0 Å². The van der Waals surface area contributed by atoms with Crippen molar-refractivity contribution >= 4 is 36.1 Å². The van der Waals surface area contributed by atoms with E-state index in [1.54, 1.807) is 0 Å². The number of nitrogens with two attached hydrogens (primary N) is 2. The zero-order valence-corrected chi connectivity index (χ0v) is 17.2. The number of aliphatic hydroxyl groups is 1. The summed E-state index contributed by atoms with van der Waals surface area (Å²) in [7, 11) is 0. The molecule has 5 N–H and O–H groups in total. The molecule has 4 nitrogen and oxygen atoms in total. The molecule has 0 amide bonds. The van der Waals surface area contributed by atoms with Crippen LogP contribution in [0.2, 0.25) is 0 Å². The van der Waals surface area contributed by atoms with Gasteiger partial charge in [0.25, 0.3) is 0 Å². The Morgan fingerprint density at radius 3 is 2.19 bits per heavy atom. The van der Waals surface area contributed by atoms with Crippen LogP contribution in [0.1, 0.15) is 74.2 Å². The number of aliphatic hydroxyl groups excluding tert-OH is 1. The van der Waals surface area contributed by atoms with Gasteiger partial charge in [-0.05, 0) is 91.7 Å². The number of nitrogen functional groups attached to an aromatic ring is 1. The van der Waals surface area contributed by atoms with Gasteiger partial charge in [-0.2, -0.15) is 0 Å². The standard InChI is InChI=1S/C12H15N.C9H10O2S.H3NS/c13-12-10-5-1-3-8(10)7-9-4-2-6-11(9)12;10-5-6-4-7-8(11)2-1-3-9(7)12-6;1-2/h7H,1-6,13H2;4-5,8,11H,1-3H2;2H,1H2. The van der Waals surface area contributed by atoms with Crippen molar-refractivity contribution in [3.63, 3.8) is 0 Å². The molecule has 0 radical (unpaired) electrons. The Hall–Kier alpha value is -1.34. The second-order valence-electron chi connectivity index (χ2n) is 7.33. The molecule has 0 spiro atoms. The maximum atomic E-state index is 10.5. The Balaban J connectivity index is 0.000000143. The van der Waals surface area contributed by atoms with Crippen LogP contribution in [0.3, 0.4) is 0 Å². The monoisotopic (exact) mass is 404 g/mol. The lowest BCUT2D eigenvalue weighted by atomic mass is 9.96. The van der Waals surface area contributed by atoms with E-state index in [0.29, 0.717) is 0 Å². The molecule has 0 fully saturated rings. The molecule has 3 aliphatic rings. The Kier molecular flexibility index (Phi) is 6.98. The van der Waals surface area contributed by atoms with Gasteiger partial charge in [-0.25, -0.2) is 0 Å². The van der Waals surface area contributed by atoms with Crippen molar-refractivity contribution in [3.05, 3.63) is 49.7 Å². The maximum absolute atomic E-state index is 10.5. The summed E-state index contributed by atoms with van der Waals surface area (Å²) in [6.45, 7) is 0. The van der Waals surface area contributed by atoms with Crippen LogP contribution in [0.15, 0.2) is 12.1 Å². The lowest BCUT2D eigenvalue weighted by Gasteiger charge is -2.16. The Labute approximate surface area is 170 Å². The van der Waals surface area contributed by atoms with Crippen LogP contribution < -0.4 is 10.9 Å². The van der Waals surface area contributed by atoms with E-state index in [9.17, 15) is 9.90 Å². The number of hydrogen-bond acceptors (Lipinski definition) is 6. The first kappa shape index (κ1) is 20.4. The Morgan fingerprint density at radius 1 is 1.00 bits per heavy atom. The van der Waals surface area contributed by atoms with E-state index in [4.69, 9.17) is 5.73 Å². The molecule has 0 bridgehead atoms. The van der Waals surface area contributed by atoms with Crippen molar-refractivity contribution in [2.45, 2.75) is 63.9 Å². The molecule has 2 aromatic rings. The van der Waals surface area contributed by atoms with Gasteiger partial charge in [0.2, 0.25) is 0 Å². The van der Waals surface area contributed by atoms with E-state index in [0.717, 1.165) is 41.7 Å². The minimum atomic E-state index is -0.335. The molecule has 1 aromatic carbocycles. The van der Waals surface area contributed by atoms with E-state index < -0.39 is 0 Å². The predicted molar refractivity (Wildman–Crippen MR) is 116 cm³/mol. The van der Waals surface area contributed by atoms with Gasteiger partial charge in [0, 0.05) is 10.6 Å². The number of thiol groups is 1. The Bertz CT molecular complexity index is 785. The largest absolute Gasteiger partial charge is 0.398 e. The SMILES string of the molecule is NS.Nc1c2c(cc3c1CCC3)CCC2.O=Cc1cc2c(s1)CCCC2O. The average molecular weight is 405 g/mol. The first-order valence-corrected chi connectivity index (χ1v) is 10.9. The summed E-state index contributed by atoms with van der Waals surface area (Å²) in [5.74, 6) is 0. The fourth-order valence-corrected chi connectivity index (χ4v) is 5.55. The molecule has 1 atom stereocenters. The van der Waals surface area contributed by atoms with Crippen molar-refractivity contribution in [2.75, 3.05) is 5.73 Å². The topological polar surface area (TPSA) is 89.3 Å². The lowest BCUT2D eigenvalue weighted by molar-refractivity contribution is 0.112. The van der Waals surface area contributed by atoms with E-state index in [1.165, 1.54) is 77.0 Å². The molecule has 6 heteroatoms. The van der Waals surface area contributed by atoms with Gasteiger partial charge in [-0.1, -0.05) is 6.07 Å². The summed E-state index contributed by atoms with van der Waals surface area (Å²) >= 11 is 4.54. The lowest BCUT2D eigenvalue weighted by Crippen LogP contribution is -2.05. The van der Waals surface area contributed by atoms with Gasteiger partial charge in [-0.3, -0.25) is 9.93 Å². The molecule has 1 heterocycles. The van der Waals surface area contributed by atoms with Crippen LogP contribution in [-0.2, 0) is 32.1 Å². The van der Waals surface area contributed by atoms with Crippen molar-refractivity contribution in [2.24, 2.45) is 5.14 Å². The van der Waals surface area contributed by atoms with E-state index in [-0.39, 0.29) is 6.10 Å². The van der Waals surface area contributed by atoms with Crippen LogP contribution in [-0.4, -0.2) is 11.4 Å².